The molecule has 0 radical (unpaired) electrons. The maximum absolute atomic E-state index is 12.5. The van der Waals surface area contributed by atoms with Crippen LogP contribution in [-0.4, -0.2) is 52.2 Å². The molecule has 0 aliphatic rings. The van der Waals surface area contributed by atoms with E-state index in [1.807, 2.05) is 0 Å². The fourth-order valence-electron chi connectivity index (χ4n) is 1.33. The molecule has 0 bridgehead atoms. The number of amides is 1. The summed E-state index contributed by atoms with van der Waals surface area (Å²) in [6, 6.07) is 1.03. The van der Waals surface area contributed by atoms with Crippen molar-refractivity contribution in [3.05, 3.63) is 16.3 Å². The molecule has 19 heavy (non-hydrogen) atoms. The summed E-state index contributed by atoms with van der Waals surface area (Å²) in [4.78, 5) is 12.5. The van der Waals surface area contributed by atoms with Crippen LogP contribution in [0, 0.1) is 0 Å². The van der Waals surface area contributed by atoms with Crippen LogP contribution in [0.25, 0.3) is 0 Å². The number of carbonyl (C=O) groups excluding carboxylic acids is 1. The van der Waals surface area contributed by atoms with Gasteiger partial charge < -0.3 is 10.2 Å². The highest BCUT2D eigenvalue weighted by molar-refractivity contribution is 7.92. The maximum Gasteiger partial charge on any atom is 0.341 e. The molecule has 0 aromatic carbocycles. The molecule has 1 heterocycles. The van der Waals surface area contributed by atoms with Crippen LogP contribution in [0.2, 0.25) is 0 Å². The lowest BCUT2D eigenvalue weighted by Crippen LogP contribution is -2.33. The number of carbonyl (C=O) groups is 1. The lowest BCUT2D eigenvalue weighted by Gasteiger charge is -2.16. The minimum atomic E-state index is -4.75. The van der Waals surface area contributed by atoms with Gasteiger partial charge in [0.2, 0.25) is 9.84 Å². The normalized spacial score (nSPS) is 11.8. The van der Waals surface area contributed by atoms with Gasteiger partial charge in [-0.2, -0.15) is 8.78 Å². The molecule has 0 saturated heterocycles. The van der Waals surface area contributed by atoms with Crippen molar-refractivity contribution in [2.45, 2.75) is 10.7 Å². The summed E-state index contributed by atoms with van der Waals surface area (Å²) in [7, 11) is -1.56. The maximum atomic E-state index is 12.5. The van der Waals surface area contributed by atoms with Gasteiger partial charge in [0.1, 0.15) is 4.88 Å². The van der Waals surface area contributed by atoms with Gasteiger partial charge in [0.25, 0.3) is 5.91 Å². The Bertz CT molecular complexity index is 543. The summed E-state index contributed by atoms with van der Waals surface area (Å²) in [6.07, 6.45) is 0. The molecule has 0 saturated carbocycles. The predicted molar refractivity (Wildman–Crippen MR) is 68.4 cm³/mol. The van der Waals surface area contributed by atoms with Gasteiger partial charge in [-0.05, 0) is 18.5 Å². The summed E-state index contributed by atoms with van der Waals surface area (Å²) in [5, 5.41) is 4.15. The summed E-state index contributed by atoms with van der Waals surface area (Å²) in [5.74, 6) is -4.11. The Balaban J connectivity index is 3.04. The number of nitrogens with one attached hydrogen (secondary N) is 1. The average Bonchev–Trinajstić information content (AvgIpc) is 2.84. The number of hydrogen-bond acceptors (Lipinski definition) is 5. The highest BCUT2D eigenvalue weighted by Crippen LogP contribution is 2.27. The molecule has 0 spiro atoms. The lowest BCUT2D eigenvalue weighted by atomic mass is 10.4. The van der Waals surface area contributed by atoms with Crippen molar-refractivity contribution in [2.24, 2.45) is 0 Å². The van der Waals surface area contributed by atoms with Crippen molar-refractivity contribution in [2.75, 3.05) is 27.2 Å². The Morgan fingerprint density at radius 1 is 1.53 bits per heavy atom. The van der Waals surface area contributed by atoms with E-state index >= 15 is 0 Å². The Hall–Kier alpha value is -1.06. The lowest BCUT2D eigenvalue weighted by molar-refractivity contribution is 0.0798. The van der Waals surface area contributed by atoms with Crippen LogP contribution in [0.4, 0.5) is 8.78 Å². The van der Waals surface area contributed by atoms with Gasteiger partial charge in [-0.1, -0.05) is 0 Å². The van der Waals surface area contributed by atoms with Gasteiger partial charge in [-0.25, -0.2) is 8.42 Å². The highest BCUT2D eigenvalue weighted by atomic mass is 32.2. The van der Waals surface area contributed by atoms with E-state index < -0.39 is 26.4 Å². The fraction of sp³-hybridized carbons (Fsp3) is 0.500. The largest absolute Gasteiger partial charge is 0.341 e. The first-order chi connectivity index (χ1) is 8.82. The van der Waals surface area contributed by atoms with Crippen molar-refractivity contribution in [1.29, 1.82) is 0 Å². The highest BCUT2D eigenvalue weighted by Gasteiger charge is 2.32. The number of sulfone groups is 1. The van der Waals surface area contributed by atoms with E-state index in [0.29, 0.717) is 13.1 Å². The van der Waals surface area contributed by atoms with Crippen molar-refractivity contribution in [3.63, 3.8) is 0 Å². The number of thiophene rings is 1. The molecule has 0 unspecified atom stereocenters. The fourth-order valence-corrected chi connectivity index (χ4v) is 3.48. The number of hydrogen-bond donors (Lipinski definition) is 1. The van der Waals surface area contributed by atoms with Gasteiger partial charge in [-0.15, -0.1) is 11.3 Å². The van der Waals surface area contributed by atoms with Crippen LogP contribution in [0.5, 0.6) is 0 Å². The molecular formula is C10H14F2N2O3S2. The van der Waals surface area contributed by atoms with E-state index in [4.69, 9.17) is 0 Å². The minimum Gasteiger partial charge on any atom is -0.340 e. The first-order valence-corrected chi connectivity index (χ1v) is 7.74. The van der Waals surface area contributed by atoms with Crippen LogP contribution in [0.15, 0.2) is 16.3 Å². The standard InChI is InChI=1S/C10H14F2N2O3S2/c1-13-4-5-14(2)9(15)8-7(3-6-18-8)19(16,17)10(11)12/h3,6,10,13H,4-5H2,1-2H3. The number of nitrogens with zero attached hydrogens (tertiary/aromatic N) is 1. The third kappa shape index (κ3) is 3.48. The first kappa shape index (κ1) is 16.0. The van der Waals surface area contributed by atoms with E-state index in [0.717, 1.165) is 17.4 Å². The summed E-state index contributed by atoms with van der Waals surface area (Å²) in [5.41, 5.74) is 0. The van der Waals surface area contributed by atoms with E-state index in [1.54, 1.807) is 7.05 Å². The van der Waals surface area contributed by atoms with Gasteiger partial charge in [0, 0.05) is 20.1 Å². The summed E-state index contributed by atoms with van der Waals surface area (Å²) in [6.45, 7) is 0.867. The van der Waals surface area contributed by atoms with Crippen LogP contribution in [0.3, 0.4) is 0 Å². The van der Waals surface area contributed by atoms with E-state index in [-0.39, 0.29) is 4.88 Å². The monoisotopic (exact) mass is 312 g/mol. The van der Waals surface area contributed by atoms with Crippen LogP contribution in [-0.2, 0) is 9.84 Å². The Labute approximate surface area is 114 Å². The third-order valence-electron chi connectivity index (χ3n) is 2.41. The van der Waals surface area contributed by atoms with Gasteiger partial charge in [-0.3, -0.25) is 4.79 Å². The summed E-state index contributed by atoms with van der Waals surface area (Å²) >= 11 is 0.840. The molecule has 1 amide bonds. The van der Waals surface area contributed by atoms with Crippen molar-refractivity contribution < 1.29 is 22.0 Å². The SMILES string of the molecule is CNCCN(C)C(=O)c1sccc1S(=O)(=O)C(F)F. The van der Waals surface area contributed by atoms with Crippen LogP contribution < -0.4 is 5.32 Å². The zero-order valence-corrected chi connectivity index (χ0v) is 12.0. The average molecular weight is 312 g/mol. The quantitative estimate of drug-likeness (QED) is 0.852. The molecule has 1 rings (SSSR count). The van der Waals surface area contributed by atoms with E-state index in [1.165, 1.54) is 17.3 Å². The van der Waals surface area contributed by atoms with Gasteiger partial charge in [0.05, 0.1) is 4.90 Å². The molecule has 5 nitrogen and oxygen atoms in total. The number of alkyl halides is 2. The van der Waals surface area contributed by atoms with Crippen molar-refractivity contribution >= 4 is 27.1 Å². The molecule has 0 aliphatic carbocycles. The van der Waals surface area contributed by atoms with Crippen molar-refractivity contribution in [1.82, 2.24) is 10.2 Å². The molecule has 0 fully saturated rings. The second-order valence-corrected chi connectivity index (χ2v) is 6.55. The second kappa shape index (κ2) is 6.40. The van der Waals surface area contributed by atoms with E-state index in [2.05, 4.69) is 5.32 Å². The summed E-state index contributed by atoms with van der Waals surface area (Å²) < 4.78 is 47.9. The molecule has 1 aromatic heterocycles. The number of halogens is 2. The van der Waals surface area contributed by atoms with Crippen LogP contribution >= 0.6 is 11.3 Å². The predicted octanol–water partition coefficient (Wildman–Crippen LogP) is 1.04. The zero-order chi connectivity index (χ0) is 14.6. The Morgan fingerprint density at radius 2 is 2.16 bits per heavy atom. The second-order valence-electron chi connectivity index (χ2n) is 3.75. The first-order valence-electron chi connectivity index (χ1n) is 5.32. The zero-order valence-electron chi connectivity index (χ0n) is 10.4. The molecule has 0 aliphatic heterocycles. The number of likely N-dealkylation sites (N-methyl/N-ethyl adjacent to an activating group) is 2. The molecule has 9 heteroatoms. The molecule has 108 valence electrons. The van der Waals surface area contributed by atoms with Crippen LogP contribution in [0.1, 0.15) is 9.67 Å². The Morgan fingerprint density at radius 3 is 2.68 bits per heavy atom. The smallest absolute Gasteiger partial charge is 0.340 e. The Kier molecular flexibility index (Phi) is 5.39. The minimum absolute atomic E-state index is 0.182. The van der Waals surface area contributed by atoms with Gasteiger partial charge >= 0.3 is 5.76 Å². The van der Waals surface area contributed by atoms with Crippen molar-refractivity contribution in [3.8, 4) is 0 Å². The topological polar surface area (TPSA) is 66.5 Å². The molecule has 0 atom stereocenters. The molecular weight excluding hydrogens is 298 g/mol. The third-order valence-corrected chi connectivity index (χ3v) is 4.86. The number of rotatable bonds is 6. The van der Waals surface area contributed by atoms with E-state index in [9.17, 15) is 22.0 Å². The molecule has 1 aromatic rings. The van der Waals surface area contributed by atoms with Gasteiger partial charge in [0.15, 0.2) is 0 Å². The molecule has 1 N–H and O–H groups in total.